The summed E-state index contributed by atoms with van der Waals surface area (Å²) in [6.45, 7) is 11.3. The minimum absolute atomic E-state index is 0.0589. The van der Waals surface area contributed by atoms with Gasteiger partial charge in [-0.25, -0.2) is 0 Å². The molecule has 0 aliphatic carbocycles. The van der Waals surface area contributed by atoms with Gasteiger partial charge in [0.05, 0.1) is 12.2 Å². The van der Waals surface area contributed by atoms with Crippen LogP contribution in [0.15, 0.2) is 18.2 Å². The van der Waals surface area contributed by atoms with Crippen LogP contribution in [0.2, 0.25) is 0 Å². The quantitative estimate of drug-likeness (QED) is 0.858. The van der Waals surface area contributed by atoms with E-state index in [-0.39, 0.29) is 18.1 Å². The Morgan fingerprint density at radius 3 is 2.27 bits per heavy atom. The highest BCUT2D eigenvalue weighted by Gasteiger charge is 2.30. The minimum Gasteiger partial charge on any atom is -0.481 e. The number of hydrogen-bond donors (Lipinski definition) is 0. The first-order valence-corrected chi connectivity index (χ1v) is 8.08. The van der Waals surface area contributed by atoms with Crippen molar-refractivity contribution in [1.82, 2.24) is 4.90 Å². The fourth-order valence-electron chi connectivity index (χ4n) is 3.04. The summed E-state index contributed by atoms with van der Waals surface area (Å²) in [5.74, 6) is 0.829. The van der Waals surface area contributed by atoms with Gasteiger partial charge in [0, 0.05) is 13.1 Å². The van der Waals surface area contributed by atoms with E-state index in [4.69, 9.17) is 9.47 Å². The van der Waals surface area contributed by atoms with Crippen molar-refractivity contribution in [2.75, 3.05) is 13.1 Å². The van der Waals surface area contributed by atoms with Crippen LogP contribution < -0.4 is 4.74 Å². The standard InChI is InChI=1S/C18H27NO3/c1-6-17(22-16-8-12(2)7-13(3)9-16)18(20)19-10-14(4)21-15(5)11-19/h7-9,14-15,17H,6,10-11H2,1-5H3/t14-,15+,17-/m0/s1. The number of rotatable bonds is 4. The zero-order valence-electron chi connectivity index (χ0n) is 14.3. The van der Waals surface area contributed by atoms with E-state index in [1.807, 2.05) is 51.7 Å². The van der Waals surface area contributed by atoms with Gasteiger partial charge in [0.15, 0.2) is 6.10 Å². The van der Waals surface area contributed by atoms with Crippen LogP contribution in [0.5, 0.6) is 5.75 Å². The van der Waals surface area contributed by atoms with E-state index >= 15 is 0 Å². The monoisotopic (exact) mass is 305 g/mol. The normalized spacial score (nSPS) is 23.2. The van der Waals surface area contributed by atoms with E-state index in [2.05, 4.69) is 6.07 Å². The first-order chi connectivity index (χ1) is 10.4. The van der Waals surface area contributed by atoms with E-state index in [1.54, 1.807) is 0 Å². The third kappa shape index (κ3) is 4.23. The summed E-state index contributed by atoms with van der Waals surface area (Å²) in [5.41, 5.74) is 2.29. The average molecular weight is 305 g/mol. The van der Waals surface area contributed by atoms with E-state index < -0.39 is 6.10 Å². The predicted octanol–water partition coefficient (Wildman–Crippen LogP) is 3.10. The zero-order chi connectivity index (χ0) is 16.3. The highest BCUT2D eigenvalue weighted by molar-refractivity contribution is 5.81. The molecule has 0 aromatic heterocycles. The van der Waals surface area contributed by atoms with Crippen molar-refractivity contribution in [3.05, 3.63) is 29.3 Å². The Morgan fingerprint density at radius 2 is 1.77 bits per heavy atom. The van der Waals surface area contributed by atoms with Crippen molar-refractivity contribution in [3.8, 4) is 5.75 Å². The smallest absolute Gasteiger partial charge is 0.263 e. The van der Waals surface area contributed by atoms with Crippen LogP contribution >= 0.6 is 0 Å². The molecule has 1 aliphatic rings. The number of hydrogen-bond acceptors (Lipinski definition) is 3. The molecule has 2 rings (SSSR count). The van der Waals surface area contributed by atoms with Gasteiger partial charge in [0.2, 0.25) is 0 Å². The Morgan fingerprint density at radius 1 is 1.23 bits per heavy atom. The van der Waals surface area contributed by atoms with Crippen LogP contribution in [0.1, 0.15) is 38.3 Å². The second-order valence-corrected chi connectivity index (χ2v) is 6.34. The lowest BCUT2D eigenvalue weighted by Crippen LogP contribution is -2.52. The summed E-state index contributed by atoms with van der Waals surface area (Å²) >= 11 is 0. The first kappa shape index (κ1) is 16.8. The number of nitrogens with zero attached hydrogens (tertiary/aromatic N) is 1. The summed E-state index contributed by atoms with van der Waals surface area (Å²) in [7, 11) is 0. The van der Waals surface area contributed by atoms with Crippen molar-refractivity contribution in [3.63, 3.8) is 0 Å². The summed E-state index contributed by atoms with van der Waals surface area (Å²) in [5, 5.41) is 0. The Labute approximate surface area is 133 Å². The molecule has 0 radical (unpaired) electrons. The number of amides is 1. The molecule has 1 fully saturated rings. The van der Waals surface area contributed by atoms with Crippen molar-refractivity contribution >= 4 is 5.91 Å². The van der Waals surface area contributed by atoms with E-state index in [9.17, 15) is 4.79 Å². The Balaban J connectivity index is 2.08. The lowest BCUT2D eigenvalue weighted by atomic mass is 10.1. The fourth-order valence-corrected chi connectivity index (χ4v) is 3.04. The molecular formula is C18H27NO3. The molecule has 1 aromatic rings. The molecule has 1 aliphatic heterocycles. The maximum Gasteiger partial charge on any atom is 0.263 e. The minimum atomic E-state index is -0.432. The molecule has 0 bridgehead atoms. The van der Waals surface area contributed by atoms with Crippen LogP contribution in [0.25, 0.3) is 0 Å². The lowest BCUT2D eigenvalue weighted by Gasteiger charge is -2.37. The number of carbonyl (C=O) groups excluding carboxylic acids is 1. The predicted molar refractivity (Wildman–Crippen MR) is 87.2 cm³/mol. The van der Waals surface area contributed by atoms with Gasteiger partial charge in [-0.1, -0.05) is 13.0 Å². The summed E-state index contributed by atoms with van der Waals surface area (Å²) in [6.07, 6.45) is 0.378. The molecule has 1 heterocycles. The zero-order valence-corrected chi connectivity index (χ0v) is 14.3. The van der Waals surface area contributed by atoms with Crippen molar-refractivity contribution in [2.45, 2.75) is 59.4 Å². The SMILES string of the molecule is CC[C@H](Oc1cc(C)cc(C)c1)C(=O)N1C[C@@H](C)O[C@@H](C)C1. The van der Waals surface area contributed by atoms with Gasteiger partial charge in [-0.15, -0.1) is 0 Å². The van der Waals surface area contributed by atoms with E-state index in [0.29, 0.717) is 19.5 Å². The van der Waals surface area contributed by atoms with Gasteiger partial charge in [-0.2, -0.15) is 0 Å². The van der Waals surface area contributed by atoms with Crippen molar-refractivity contribution in [2.24, 2.45) is 0 Å². The number of benzene rings is 1. The maximum atomic E-state index is 12.7. The summed E-state index contributed by atoms with van der Waals surface area (Å²) in [6, 6.07) is 6.06. The largest absolute Gasteiger partial charge is 0.481 e. The third-order valence-electron chi connectivity index (χ3n) is 3.85. The van der Waals surface area contributed by atoms with E-state index in [0.717, 1.165) is 16.9 Å². The molecule has 0 N–H and O–H groups in total. The molecule has 122 valence electrons. The first-order valence-electron chi connectivity index (χ1n) is 8.08. The van der Waals surface area contributed by atoms with Crippen LogP contribution in [0.3, 0.4) is 0 Å². The van der Waals surface area contributed by atoms with Crippen LogP contribution in [0, 0.1) is 13.8 Å². The van der Waals surface area contributed by atoms with Gasteiger partial charge in [0.1, 0.15) is 5.75 Å². The second kappa shape index (κ2) is 7.14. The Kier molecular flexibility index (Phi) is 5.46. The van der Waals surface area contributed by atoms with Gasteiger partial charge in [0.25, 0.3) is 5.91 Å². The highest BCUT2D eigenvalue weighted by Crippen LogP contribution is 2.20. The number of aryl methyl sites for hydroxylation is 2. The third-order valence-corrected chi connectivity index (χ3v) is 3.85. The topological polar surface area (TPSA) is 38.8 Å². The summed E-state index contributed by atoms with van der Waals surface area (Å²) < 4.78 is 11.7. The maximum absolute atomic E-state index is 12.7. The highest BCUT2D eigenvalue weighted by atomic mass is 16.5. The molecule has 1 aromatic carbocycles. The van der Waals surface area contributed by atoms with Gasteiger partial charge < -0.3 is 14.4 Å². The number of morpholine rings is 1. The number of ether oxygens (including phenoxy) is 2. The molecule has 0 spiro atoms. The fraction of sp³-hybridized carbons (Fsp3) is 0.611. The molecule has 0 saturated carbocycles. The van der Waals surface area contributed by atoms with Crippen LogP contribution in [-0.4, -0.2) is 42.2 Å². The molecule has 4 heteroatoms. The molecule has 1 amide bonds. The van der Waals surface area contributed by atoms with Crippen LogP contribution in [0.4, 0.5) is 0 Å². The Hall–Kier alpha value is -1.55. The van der Waals surface area contributed by atoms with Gasteiger partial charge >= 0.3 is 0 Å². The second-order valence-electron chi connectivity index (χ2n) is 6.34. The van der Waals surface area contributed by atoms with Gasteiger partial charge in [-0.05, 0) is 57.4 Å². The molecule has 4 nitrogen and oxygen atoms in total. The molecule has 3 atom stereocenters. The van der Waals surface area contributed by atoms with Crippen LogP contribution in [-0.2, 0) is 9.53 Å². The molecule has 0 unspecified atom stereocenters. The van der Waals surface area contributed by atoms with Crippen molar-refractivity contribution in [1.29, 1.82) is 0 Å². The number of carbonyl (C=O) groups is 1. The average Bonchev–Trinajstić information content (AvgIpc) is 2.42. The lowest BCUT2D eigenvalue weighted by molar-refractivity contribution is -0.150. The van der Waals surface area contributed by atoms with Crippen molar-refractivity contribution < 1.29 is 14.3 Å². The molecular weight excluding hydrogens is 278 g/mol. The van der Waals surface area contributed by atoms with E-state index in [1.165, 1.54) is 0 Å². The Bertz CT molecular complexity index is 499. The molecule has 22 heavy (non-hydrogen) atoms. The van der Waals surface area contributed by atoms with Gasteiger partial charge in [-0.3, -0.25) is 4.79 Å². The molecule has 1 saturated heterocycles. The summed E-state index contributed by atoms with van der Waals surface area (Å²) in [4.78, 5) is 14.6.